The molecular weight excluding hydrogens is 415 g/mol. The van der Waals surface area contributed by atoms with E-state index in [2.05, 4.69) is 5.43 Å². The molecule has 11 heteroatoms. The number of hydrazine groups is 1. The van der Waals surface area contributed by atoms with Gasteiger partial charge in [0.25, 0.3) is 3.12 Å². The number of carbonyl (C=O) groups is 1. The highest BCUT2D eigenvalue weighted by atomic mass is 35.6. The Morgan fingerprint density at radius 1 is 1.27 bits per heavy atom. The molecule has 1 aliphatic rings. The first-order valence-electron chi connectivity index (χ1n) is 5.82. The molecule has 0 spiro atoms. The Kier molecular flexibility index (Phi) is 5.76. The van der Waals surface area contributed by atoms with Crippen molar-refractivity contribution in [2.45, 2.75) is 16.2 Å². The summed E-state index contributed by atoms with van der Waals surface area (Å²) in [6, 6.07) is 2.73. The molecule has 1 aromatic carbocycles. The third kappa shape index (κ3) is 3.93. The standard InChI is InChI=1S/C11H10Cl5N3O2S/c1-5-17-19(22-11(14,15)16)10(20)18(5)6-3-7(12)9(21-2)8(13)4-6/h3-5,17H,1-2H3. The van der Waals surface area contributed by atoms with Crippen LogP contribution in [0.5, 0.6) is 5.75 Å². The molecule has 22 heavy (non-hydrogen) atoms. The summed E-state index contributed by atoms with van der Waals surface area (Å²) in [4.78, 5) is 13.9. The second-order valence-corrected chi connectivity index (χ2v) is 9.16. The second kappa shape index (κ2) is 6.89. The van der Waals surface area contributed by atoms with Crippen LogP contribution in [0.2, 0.25) is 10.0 Å². The molecule has 0 aromatic heterocycles. The molecule has 122 valence electrons. The van der Waals surface area contributed by atoms with Gasteiger partial charge in [-0.1, -0.05) is 58.0 Å². The third-order valence-corrected chi connectivity index (χ3v) is 4.57. The van der Waals surface area contributed by atoms with E-state index in [1.807, 2.05) is 0 Å². The van der Waals surface area contributed by atoms with Crippen LogP contribution in [-0.4, -0.2) is 26.8 Å². The number of nitrogens with zero attached hydrogens (tertiary/aromatic N) is 2. The molecule has 5 nitrogen and oxygen atoms in total. The Bertz CT molecular complexity index is 575. The number of carbonyl (C=O) groups excluding carboxylic acids is 1. The molecule has 1 aliphatic heterocycles. The van der Waals surface area contributed by atoms with Crippen LogP contribution in [-0.2, 0) is 0 Å². The van der Waals surface area contributed by atoms with Gasteiger partial charge in [-0.05, 0) is 19.1 Å². The third-order valence-electron chi connectivity index (χ3n) is 2.73. The zero-order chi connectivity index (χ0) is 16.7. The summed E-state index contributed by atoms with van der Waals surface area (Å²) >= 11 is 30.0. The lowest BCUT2D eigenvalue weighted by molar-refractivity contribution is 0.236. The largest absolute Gasteiger partial charge is 0.494 e. The number of rotatable bonds is 3. The summed E-state index contributed by atoms with van der Waals surface area (Å²) in [5.74, 6) is 0.340. The molecule has 1 N–H and O–H groups in total. The van der Waals surface area contributed by atoms with Crippen molar-refractivity contribution in [1.82, 2.24) is 9.84 Å². The van der Waals surface area contributed by atoms with E-state index in [9.17, 15) is 4.79 Å². The van der Waals surface area contributed by atoms with Gasteiger partial charge in [-0.15, -0.1) is 0 Å². The predicted molar refractivity (Wildman–Crippen MR) is 93.2 cm³/mol. The molecule has 0 aliphatic carbocycles. The van der Waals surface area contributed by atoms with Crippen molar-refractivity contribution < 1.29 is 9.53 Å². The van der Waals surface area contributed by atoms with Gasteiger partial charge in [0.15, 0.2) is 5.75 Å². The maximum absolute atomic E-state index is 12.4. The van der Waals surface area contributed by atoms with Gasteiger partial charge in [0, 0.05) is 11.9 Å². The van der Waals surface area contributed by atoms with Crippen molar-refractivity contribution in [2.75, 3.05) is 12.0 Å². The van der Waals surface area contributed by atoms with Gasteiger partial charge in [-0.3, -0.25) is 4.90 Å². The van der Waals surface area contributed by atoms with Crippen molar-refractivity contribution in [3.63, 3.8) is 0 Å². The van der Waals surface area contributed by atoms with E-state index < -0.39 is 9.16 Å². The number of benzene rings is 1. The monoisotopic (exact) mass is 423 g/mol. The summed E-state index contributed by atoms with van der Waals surface area (Å²) in [6.07, 6.45) is -0.382. The van der Waals surface area contributed by atoms with Crippen LogP contribution in [0.15, 0.2) is 12.1 Å². The number of urea groups is 1. The average Bonchev–Trinajstić information content (AvgIpc) is 2.61. The van der Waals surface area contributed by atoms with Gasteiger partial charge >= 0.3 is 6.03 Å². The number of hydrogen-bond donors (Lipinski definition) is 1. The van der Waals surface area contributed by atoms with Crippen molar-refractivity contribution in [2.24, 2.45) is 0 Å². The fourth-order valence-electron chi connectivity index (χ4n) is 1.93. The van der Waals surface area contributed by atoms with Crippen molar-refractivity contribution in [3.8, 4) is 5.75 Å². The van der Waals surface area contributed by atoms with Gasteiger partial charge in [0.1, 0.15) is 6.17 Å². The van der Waals surface area contributed by atoms with Crippen molar-refractivity contribution in [3.05, 3.63) is 22.2 Å². The number of hydrogen-bond acceptors (Lipinski definition) is 4. The fourth-order valence-corrected chi connectivity index (χ4v) is 3.76. The second-order valence-electron chi connectivity index (χ2n) is 4.23. The summed E-state index contributed by atoms with van der Waals surface area (Å²) in [5, 5.41) is 0.579. The van der Waals surface area contributed by atoms with Gasteiger partial charge in [0.2, 0.25) is 0 Å². The minimum absolute atomic E-state index is 0.289. The summed E-state index contributed by atoms with van der Waals surface area (Å²) in [6.45, 7) is 1.77. The summed E-state index contributed by atoms with van der Waals surface area (Å²) in [7, 11) is 1.46. The van der Waals surface area contributed by atoms with E-state index in [0.29, 0.717) is 11.4 Å². The molecule has 1 heterocycles. The molecular formula is C11H10Cl5N3O2S. The minimum Gasteiger partial charge on any atom is -0.494 e. The molecule has 1 atom stereocenters. The Labute approximate surface area is 156 Å². The summed E-state index contributed by atoms with van der Waals surface area (Å²) < 4.78 is 4.55. The highest BCUT2D eigenvalue weighted by Crippen LogP contribution is 2.43. The maximum atomic E-state index is 12.4. The van der Waals surface area contributed by atoms with Gasteiger partial charge in [-0.2, -0.15) is 9.84 Å². The molecule has 1 saturated heterocycles. The predicted octanol–water partition coefficient (Wildman–Crippen LogP) is 5.07. The molecule has 1 unspecified atom stereocenters. The van der Waals surface area contributed by atoms with Crippen LogP contribution in [0.3, 0.4) is 0 Å². The number of methoxy groups -OCH3 is 1. The SMILES string of the molecule is COc1c(Cl)cc(N2C(=O)N(SC(Cl)(Cl)Cl)NC2C)cc1Cl. The average molecular weight is 426 g/mol. The van der Waals surface area contributed by atoms with E-state index >= 15 is 0 Å². The molecule has 2 rings (SSSR count). The minimum atomic E-state index is -1.67. The highest BCUT2D eigenvalue weighted by Gasteiger charge is 2.40. The number of amides is 2. The van der Waals surface area contributed by atoms with Crippen LogP contribution < -0.4 is 15.1 Å². The first-order valence-corrected chi connectivity index (χ1v) is 8.48. The Balaban J connectivity index is 2.31. The first-order chi connectivity index (χ1) is 10.1. The van der Waals surface area contributed by atoms with Crippen molar-refractivity contribution >= 4 is 81.7 Å². The number of ether oxygens (including phenoxy) is 1. The normalized spacial score (nSPS) is 19.0. The van der Waals surface area contributed by atoms with Gasteiger partial charge in [0.05, 0.1) is 22.8 Å². The smallest absolute Gasteiger partial charge is 0.350 e. The zero-order valence-corrected chi connectivity index (χ0v) is 15.8. The lowest BCUT2D eigenvalue weighted by Gasteiger charge is -2.21. The molecule has 0 saturated carbocycles. The molecule has 1 aromatic rings. The fraction of sp³-hybridized carbons (Fsp3) is 0.364. The van der Waals surface area contributed by atoms with E-state index in [1.165, 1.54) is 12.0 Å². The number of halogens is 5. The topological polar surface area (TPSA) is 44.8 Å². The van der Waals surface area contributed by atoms with Crippen LogP contribution in [0, 0.1) is 0 Å². The molecule has 2 amide bonds. The Hall–Kier alpha value is 0.0500. The van der Waals surface area contributed by atoms with E-state index in [4.69, 9.17) is 62.7 Å². The number of alkyl halides is 3. The summed E-state index contributed by atoms with van der Waals surface area (Å²) in [5.41, 5.74) is 3.37. The Morgan fingerprint density at radius 2 is 1.82 bits per heavy atom. The molecule has 0 bridgehead atoms. The lowest BCUT2D eigenvalue weighted by atomic mass is 10.2. The van der Waals surface area contributed by atoms with Crippen LogP contribution in [0.4, 0.5) is 10.5 Å². The van der Waals surface area contributed by atoms with E-state index in [0.717, 1.165) is 16.4 Å². The number of nitrogens with one attached hydrogen (secondary N) is 1. The molecule has 0 radical (unpaired) electrons. The van der Waals surface area contributed by atoms with E-state index in [1.54, 1.807) is 19.1 Å². The molecule has 1 fully saturated rings. The maximum Gasteiger partial charge on any atom is 0.350 e. The van der Waals surface area contributed by atoms with Crippen LogP contribution >= 0.6 is 70.0 Å². The van der Waals surface area contributed by atoms with Gasteiger partial charge in [-0.25, -0.2) is 4.79 Å². The lowest BCUT2D eigenvalue weighted by Crippen LogP contribution is -2.34. The quantitative estimate of drug-likeness (QED) is 0.542. The number of anilines is 1. The Morgan fingerprint density at radius 3 is 2.27 bits per heavy atom. The van der Waals surface area contributed by atoms with Gasteiger partial charge < -0.3 is 4.74 Å². The van der Waals surface area contributed by atoms with E-state index in [-0.39, 0.29) is 16.2 Å². The first kappa shape index (κ1) is 18.4. The van der Waals surface area contributed by atoms with Crippen LogP contribution in [0.25, 0.3) is 0 Å². The van der Waals surface area contributed by atoms with Crippen molar-refractivity contribution in [1.29, 1.82) is 0 Å². The highest BCUT2D eigenvalue weighted by molar-refractivity contribution is 8.03. The van der Waals surface area contributed by atoms with Crippen LogP contribution in [0.1, 0.15) is 6.92 Å². The zero-order valence-electron chi connectivity index (χ0n) is 11.2.